The smallest absolute Gasteiger partial charge is 0.419 e. The van der Waals surface area contributed by atoms with E-state index in [1.165, 1.54) is 0 Å². The van der Waals surface area contributed by atoms with E-state index in [2.05, 4.69) is 6.07 Å². The Morgan fingerprint density at radius 2 is 1.54 bits per heavy atom. The SMILES string of the molecule is Nc1cc[c-]cc1.O=P(O)(O)O.[Na+]. The fourth-order valence-electron chi connectivity index (χ4n) is 0.400. The van der Waals surface area contributed by atoms with Crippen molar-refractivity contribution < 1.29 is 48.8 Å². The molecule has 0 aliphatic rings. The molecular weight excluding hydrogens is 204 g/mol. The summed E-state index contributed by atoms with van der Waals surface area (Å²) in [5.41, 5.74) is 6.13. The number of hydrogen-bond donors (Lipinski definition) is 4. The van der Waals surface area contributed by atoms with Gasteiger partial charge in [-0.1, -0.05) is 5.69 Å². The third-order valence-electron chi connectivity index (χ3n) is 0.744. The van der Waals surface area contributed by atoms with E-state index in [0.717, 1.165) is 5.69 Å². The summed E-state index contributed by atoms with van der Waals surface area (Å²) in [7, 11) is -4.64. The van der Waals surface area contributed by atoms with Crippen molar-refractivity contribution in [2.75, 3.05) is 5.73 Å². The molecule has 5 N–H and O–H groups in total. The standard InChI is InChI=1S/C6H6N.Na.H3O4P/c7-6-4-2-1-3-5-6;;1-5(2,3)4/h2-5H,7H2;;(H3,1,2,3,4)/q-1;+1;. The van der Waals surface area contributed by atoms with Gasteiger partial charge in [-0.2, -0.15) is 18.2 Å². The Kier molecular flexibility index (Phi) is 9.03. The van der Waals surface area contributed by atoms with Crippen LogP contribution >= 0.6 is 7.82 Å². The third-order valence-corrected chi connectivity index (χ3v) is 0.744. The van der Waals surface area contributed by atoms with Gasteiger partial charge in [0, 0.05) is 0 Å². The second-order valence-electron chi connectivity index (χ2n) is 1.85. The van der Waals surface area contributed by atoms with Crippen molar-refractivity contribution in [2.45, 2.75) is 0 Å². The number of rotatable bonds is 0. The molecule has 0 aliphatic heterocycles. The van der Waals surface area contributed by atoms with Gasteiger partial charge < -0.3 is 20.4 Å². The Morgan fingerprint density at radius 1 is 1.23 bits per heavy atom. The summed E-state index contributed by atoms with van der Waals surface area (Å²) in [5.74, 6) is 0. The fraction of sp³-hybridized carbons (Fsp3) is 0. The molecule has 0 fully saturated rings. The summed E-state index contributed by atoms with van der Waals surface area (Å²) in [6.45, 7) is 0. The van der Waals surface area contributed by atoms with Crippen LogP contribution in [0.4, 0.5) is 5.69 Å². The molecule has 1 aromatic carbocycles. The maximum atomic E-state index is 8.88. The molecule has 0 saturated carbocycles. The van der Waals surface area contributed by atoms with Crippen LogP contribution in [0, 0.1) is 6.07 Å². The van der Waals surface area contributed by atoms with Crippen LogP contribution in [0.1, 0.15) is 0 Å². The van der Waals surface area contributed by atoms with Crippen molar-refractivity contribution >= 4 is 13.5 Å². The molecule has 68 valence electrons. The van der Waals surface area contributed by atoms with Gasteiger partial charge in [0.15, 0.2) is 0 Å². The van der Waals surface area contributed by atoms with Crippen LogP contribution in [0.25, 0.3) is 0 Å². The van der Waals surface area contributed by atoms with Gasteiger partial charge in [-0.15, -0.1) is 12.1 Å². The van der Waals surface area contributed by atoms with E-state index in [1.807, 2.05) is 0 Å². The van der Waals surface area contributed by atoms with Crippen LogP contribution in [-0.4, -0.2) is 14.7 Å². The molecule has 0 atom stereocenters. The van der Waals surface area contributed by atoms with Gasteiger partial charge in [0.2, 0.25) is 0 Å². The average molecular weight is 213 g/mol. The Balaban J connectivity index is 0. The zero-order chi connectivity index (χ0) is 9.61. The molecule has 0 saturated heterocycles. The van der Waals surface area contributed by atoms with Crippen LogP contribution in [0.3, 0.4) is 0 Å². The minimum absolute atomic E-state index is 0. The van der Waals surface area contributed by atoms with E-state index in [-0.39, 0.29) is 29.6 Å². The summed E-state index contributed by atoms with van der Waals surface area (Å²) in [5, 5.41) is 0. The van der Waals surface area contributed by atoms with E-state index in [0.29, 0.717) is 0 Å². The first-order valence-corrected chi connectivity index (χ1v) is 4.46. The van der Waals surface area contributed by atoms with E-state index in [9.17, 15) is 0 Å². The summed E-state index contributed by atoms with van der Waals surface area (Å²) in [4.78, 5) is 21.6. The Hall–Kier alpha value is 0.130. The van der Waals surface area contributed by atoms with Crippen molar-refractivity contribution in [3.05, 3.63) is 30.3 Å². The molecule has 0 spiro atoms. The van der Waals surface area contributed by atoms with Crippen LogP contribution in [0.2, 0.25) is 0 Å². The summed E-state index contributed by atoms with van der Waals surface area (Å²) >= 11 is 0. The molecule has 5 nitrogen and oxygen atoms in total. The molecule has 0 amide bonds. The molecule has 0 aromatic heterocycles. The van der Waals surface area contributed by atoms with Crippen LogP contribution in [-0.2, 0) is 4.57 Å². The van der Waals surface area contributed by atoms with Crippen molar-refractivity contribution in [2.24, 2.45) is 0 Å². The summed E-state index contributed by atoms with van der Waals surface area (Å²) in [6.07, 6.45) is 0. The van der Waals surface area contributed by atoms with Crippen LogP contribution < -0.4 is 35.3 Å². The predicted octanol–water partition coefficient (Wildman–Crippen LogP) is -2.86. The van der Waals surface area contributed by atoms with Gasteiger partial charge in [0.1, 0.15) is 0 Å². The first-order chi connectivity index (χ1) is 5.39. The number of nitrogen functional groups attached to an aromatic ring is 1. The van der Waals surface area contributed by atoms with Crippen molar-refractivity contribution in [3.8, 4) is 0 Å². The molecule has 0 unspecified atom stereocenters. The van der Waals surface area contributed by atoms with Gasteiger partial charge in [-0.25, -0.2) is 4.57 Å². The van der Waals surface area contributed by atoms with Gasteiger partial charge in [0.25, 0.3) is 0 Å². The second-order valence-corrected chi connectivity index (χ2v) is 2.87. The second kappa shape index (κ2) is 7.53. The monoisotopic (exact) mass is 213 g/mol. The first-order valence-electron chi connectivity index (χ1n) is 2.89. The molecule has 1 aromatic rings. The van der Waals surface area contributed by atoms with E-state index in [1.54, 1.807) is 24.3 Å². The number of anilines is 1. The zero-order valence-corrected chi connectivity index (χ0v) is 9.98. The average Bonchev–Trinajstić information content (AvgIpc) is 1.85. The number of hydrogen-bond acceptors (Lipinski definition) is 2. The predicted molar refractivity (Wildman–Crippen MR) is 44.0 cm³/mol. The molecule has 0 aliphatic carbocycles. The van der Waals surface area contributed by atoms with Gasteiger partial charge in [0.05, 0.1) is 0 Å². The maximum absolute atomic E-state index is 8.88. The van der Waals surface area contributed by atoms with Gasteiger partial charge in [-0.3, -0.25) is 0 Å². The summed E-state index contributed by atoms with van der Waals surface area (Å²) < 4.78 is 8.88. The molecule has 0 bridgehead atoms. The van der Waals surface area contributed by atoms with E-state index >= 15 is 0 Å². The third kappa shape index (κ3) is 18.8. The quantitative estimate of drug-likeness (QED) is 0.161. The minimum Gasteiger partial charge on any atom is -0.419 e. The first kappa shape index (κ1) is 15.6. The van der Waals surface area contributed by atoms with Gasteiger partial charge in [-0.05, 0) is 0 Å². The van der Waals surface area contributed by atoms with E-state index < -0.39 is 7.82 Å². The molecule has 1 rings (SSSR count). The van der Waals surface area contributed by atoms with Crippen LogP contribution in [0.15, 0.2) is 24.3 Å². The van der Waals surface area contributed by atoms with Crippen molar-refractivity contribution in [3.63, 3.8) is 0 Å². The van der Waals surface area contributed by atoms with Gasteiger partial charge >= 0.3 is 37.4 Å². The molecular formula is C6H9NNaO4P. The number of benzene rings is 1. The molecule has 13 heavy (non-hydrogen) atoms. The van der Waals surface area contributed by atoms with Crippen molar-refractivity contribution in [1.29, 1.82) is 0 Å². The number of nitrogens with two attached hydrogens (primary N) is 1. The normalized spacial score (nSPS) is 9.15. The zero-order valence-electron chi connectivity index (χ0n) is 7.08. The molecule has 0 heterocycles. The van der Waals surface area contributed by atoms with Crippen LogP contribution in [0.5, 0.6) is 0 Å². The minimum atomic E-state index is -4.64. The molecule has 7 heteroatoms. The molecule has 0 radical (unpaired) electrons. The Morgan fingerprint density at radius 3 is 1.69 bits per heavy atom. The topological polar surface area (TPSA) is 104 Å². The maximum Gasteiger partial charge on any atom is 1.00 e. The summed E-state index contributed by atoms with van der Waals surface area (Å²) in [6, 6.07) is 10.0. The van der Waals surface area contributed by atoms with Crippen molar-refractivity contribution in [1.82, 2.24) is 0 Å². The number of phosphoric acid groups is 1. The fourth-order valence-corrected chi connectivity index (χ4v) is 0.400. The largest absolute Gasteiger partial charge is 1.00 e. The van der Waals surface area contributed by atoms with E-state index in [4.69, 9.17) is 25.0 Å². The Labute approximate surface area is 98.1 Å². The Bertz CT molecular complexity index is 254.